The summed E-state index contributed by atoms with van der Waals surface area (Å²) in [4.78, 5) is 54.0. The molecule has 196 valence electrons. The molecule has 3 amide bonds. The number of nitrogens with one attached hydrogen (secondary N) is 2. The third-order valence-electron chi connectivity index (χ3n) is 6.91. The van der Waals surface area contributed by atoms with Crippen LogP contribution < -0.4 is 10.6 Å². The molecule has 4 N–H and O–H groups in total. The number of phenols is 1. The van der Waals surface area contributed by atoms with Gasteiger partial charge in [-0.25, -0.2) is 0 Å². The number of aromatic hydroxyl groups is 1. The first-order chi connectivity index (χ1) is 18.3. The van der Waals surface area contributed by atoms with Gasteiger partial charge in [-0.05, 0) is 41.3 Å². The van der Waals surface area contributed by atoms with Crippen LogP contribution in [0.3, 0.4) is 0 Å². The molecule has 3 aromatic rings. The van der Waals surface area contributed by atoms with E-state index in [0.29, 0.717) is 19.3 Å². The van der Waals surface area contributed by atoms with E-state index in [1.165, 1.54) is 0 Å². The summed E-state index contributed by atoms with van der Waals surface area (Å²) in [6, 6.07) is 16.1. The van der Waals surface area contributed by atoms with E-state index in [9.17, 15) is 24.3 Å². The molecule has 1 aromatic heterocycles. The maximum atomic E-state index is 13.6. The lowest BCUT2D eigenvalue weighted by Crippen LogP contribution is -2.57. The normalized spacial score (nSPS) is 18.8. The van der Waals surface area contributed by atoms with Crippen molar-refractivity contribution in [2.45, 2.75) is 43.8 Å². The van der Waals surface area contributed by atoms with E-state index in [1.54, 1.807) is 34.4 Å². The van der Waals surface area contributed by atoms with Gasteiger partial charge in [-0.15, -0.1) is 11.3 Å². The van der Waals surface area contributed by atoms with Crippen molar-refractivity contribution in [3.05, 3.63) is 76.7 Å². The topological polar surface area (TPSA) is 136 Å². The zero-order valence-corrected chi connectivity index (χ0v) is 21.2. The fourth-order valence-corrected chi connectivity index (χ4v) is 6.50. The molecule has 0 saturated carbocycles. The Balaban J connectivity index is 1.41. The molecule has 10 heteroatoms. The van der Waals surface area contributed by atoms with Crippen molar-refractivity contribution in [1.29, 1.82) is 0 Å². The van der Waals surface area contributed by atoms with Gasteiger partial charge in [0.25, 0.3) is 0 Å². The first-order valence-electron chi connectivity index (χ1n) is 12.4. The summed E-state index contributed by atoms with van der Waals surface area (Å²) in [5.74, 6) is -2.19. The number of thiophene rings is 1. The minimum atomic E-state index is -1.19. The summed E-state index contributed by atoms with van der Waals surface area (Å²) in [5.41, 5.74) is 2.64. The number of carboxylic acids is 1. The van der Waals surface area contributed by atoms with Gasteiger partial charge in [0.05, 0.1) is 6.04 Å². The summed E-state index contributed by atoms with van der Waals surface area (Å²) in [6.45, 7) is -0.563. The van der Waals surface area contributed by atoms with Gasteiger partial charge in [0.15, 0.2) is 0 Å². The maximum absolute atomic E-state index is 13.6. The standard InChI is InChI=1S/C28H27N3O6S/c32-19-8-4-7-17(12-19)23-14-18-13-22(31-21(26(18)38-23)9-10-24(31)33)28(37)30-20(27(36)29-15-25(34)35)11-16-5-2-1-3-6-16/h1-8,12,14,20-22,32H,9-11,13,15H2,(H,29,36)(H,30,37)(H,34,35)/t20-,21+,22-/m0/s1. The molecule has 38 heavy (non-hydrogen) atoms. The minimum Gasteiger partial charge on any atom is -0.508 e. The van der Waals surface area contributed by atoms with Crippen molar-refractivity contribution < 1.29 is 29.4 Å². The SMILES string of the molecule is O=C(O)CNC(=O)[C@H](Cc1ccccc1)NC(=O)[C@@H]1Cc2cc(-c3cccc(O)c3)sc2[C@H]2CCC(=O)N21. The van der Waals surface area contributed by atoms with E-state index in [1.807, 2.05) is 42.5 Å². The molecule has 0 radical (unpaired) electrons. The van der Waals surface area contributed by atoms with Gasteiger partial charge in [0, 0.05) is 29.0 Å². The number of fused-ring (bicyclic) bond motifs is 3. The lowest BCUT2D eigenvalue weighted by Gasteiger charge is -2.37. The Hall–Kier alpha value is -4.18. The number of rotatable bonds is 8. The fraction of sp³-hybridized carbons (Fsp3) is 0.286. The maximum Gasteiger partial charge on any atom is 0.322 e. The summed E-state index contributed by atoms with van der Waals surface area (Å²) >= 11 is 1.56. The van der Waals surface area contributed by atoms with Crippen LogP contribution in [0.5, 0.6) is 5.75 Å². The van der Waals surface area contributed by atoms with Crippen molar-refractivity contribution in [1.82, 2.24) is 15.5 Å². The van der Waals surface area contributed by atoms with Crippen LogP contribution in [0.25, 0.3) is 10.4 Å². The third-order valence-corrected chi connectivity index (χ3v) is 8.24. The lowest BCUT2D eigenvalue weighted by atomic mass is 9.94. The van der Waals surface area contributed by atoms with E-state index >= 15 is 0 Å². The number of carbonyl (C=O) groups is 4. The van der Waals surface area contributed by atoms with Crippen molar-refractivity contribution in [2.75, 3.05) is 6.54 Å². The van der Waals surface area contributed by atoms with Gasteiger partial charge < -0.3 is 25.7 Å². The van der Waals surface area contributed by atoms with E-state index in [-0.39, 0.29) is 24.1 Å². The molecule has 3 atom stereocenters. The molecule has 2 aliphatic rings. The van der Waals surface area contributed by atoms with Crippen LogP contribution in [0.15, 0.2) is 60.7 Å². The molecule has 1 saturated heterocycles. The summed E-state index contributed by atoms with van der Waals surface area (Å²) in [5, 5.41) is 24.1. The van der Waals surface area contributed by atoms with E-state index in [4.69, 9.17) is 5.11 Å². The number of carbonyl (C=O) groups excluding carboxylic acids is 3. The number of aliphatic carboxylic acids is 1. The van der Waals surface area contributed by atoms with Gasteiger partial charge in [-0.3, -0.25) is 19.2 Å². The quantitative estimate of drug-likeness (QED) is 0.352. The monoisotopic (exact) mass is 533 g/mol. The van der Waals surface area contributed by atoms with Gasteiger partial charge in [-0.1, -0.05) is 42.5 Å². The zero-order valence-electron chi connectivity index (χ0n) is 20.4. The van der Waals surface area contributed by atoms with Crippen LogP contribution in [-0.2, 0) is 32.0 Å². The number of hydrogen-bond donors (Lipinski definition) is 4. The molecule has 1 fully saturated rings. The number of benzene rings is 2. The molecular formula is C28H27N3O6S. The Labute approximate surface area is 223 Å². The Kier molecular flexibility index (Phi) is 7.15. The number of nitrogens with zero attached hydrogens (tertiary/aromatic N) is 1. The predicted molar refractivity (Wildman–Crippen MR) is 140 cm³/mol. The van der Waals surface area contributed by atoms with Crippen molar-refractivity contribution in [3.8, 4) is 16.2 Å². The van der Waals surface area contributed by atoms with Crippen molar-refractivity contribution >= 4 is 35.0 Å². The fourth-order valence-electron chi connectivity index (χ4n) is 5.18. The zero-order chi connectivity index (χ0) is 26.8. The molecule has 0 unspecified atom stereocenters. The average molecular weight is 534 g/mol. The van der Waals surface area contributed by atoms with Crippen LogP contribution in [-0.4, -0.2) is 57.4 Å². The van der Waals surface area contributed by atoms with Crippen LogP contribution >= 0.6 is 11.3 Å². The van der Waals surface area contributed by atoms with Gasteiger partial charge >= 0.3 is 5.97 Å². The Bertz CT molecular complexity index is 1390. The van der Waals surface area contributed by atoms with Crippen molar-refractivity contribution in [3.63, 3.8) is 0 Å². The molecule has 2 aromatic carbocycles. The van der Waals surface area contributed by atoms with Crippen LogP contribution in [0, 0.1) is 0 Å². The summed E-state index contributed by atoms with van der Waals surface area (Å²) < 4.78 is 0. The van der Waals surface area contributed by atoms with Crippen molar-refractivity contribution in [2.24, 2.45) is 0 Å². The molecule has 0 bridgehead atoms. The first kappa shape index (κ1) is 25.5. The molecular weight excluding hydrogens is 506 g/mol. The summed E-state index contributed by atoms with van der Waals surface area (Å²) in [6.07, 6.45) is 1.41. The van der Waals surface area contributed by atoms with E-state index < -0.39 is 36.4 Å². The second-order valence-electron chi connectivity index (χ2n) is 9.49. The highest BCUT2D eigenvalue weighted by Gasteiger charge is 2.46. The van der Waals surface area contributed by atoms with Crippen LogP contribution in [0.4, 0.5) is 0 Å². The van der Waals surface area contributed by atoms with Gasteiger partial charge in [0.2, 0.25) is 17.7 Å². The average Bonchev–Trinajstić information content (AvgIpc) is 3.51. The van der Waals surface area contributed by atoms with Crippen LogP contribution in [0.1, 0.15) is 34.9 Å². The van der Waals surface area contributed by atoms with Crippen LogP contribution in [0.2, 0.25) is 0 Å². The minimum absolute atomic E-state index is 0.108. The predicted octanol–water partition coefficient (Wildman–Crippen LogP) is 2.64. The Morgan fingerprint density at radius 1 is 1.08 bits per heavy atom. The van der Waals surface area contributed by atoms with Gasteiger partial charge in [0.1, 0.15) is 24.4 Å². The highest BCUT2D eigenvalue weighted by Crippen LogP contribution is 2.47. The highest BCUT2D eigenvalue weighted by atomic mass is 32.1. The number of amides is 3. The Morgan fingerprint density at radius 3 is 2.61 bits per heavy atom. The molecule has 3 heterocycles. The highest BCUT2D eigenvalue weighted by molar-refractivity contribution is 7.15. The molecule has 2 aliphatic heterocycles. The number of carboxylic acid groups (broad SMARTS) is 1. The largest absolute Gasteiger partial charge is 0.508 e. The van der Waals surface area contributed by atoms with E-state index in [2.05, 4.69) is 10.6 Å². The lowest BCUT2D eigenvalue weighted by molar-refractivity contribution is -0.141. The third kappa shape index (κ3) is 5.26. The summed E-state index contributed by atoms with van der Waals surface area (Å²) in [7, 11) is 0. The second-order valence-corrected chi connectivity index (χ2v) is 10.6. The van der Waals surface area contributed by atoms with E-state index in [0.717, 1.165) is 26.4 Å². The number of phenolic OH excluding ortho intramolecular Hbond substituents is 1. The molecule has 0 aliphatic carbocycles. The molecule has 5 rings (SSSR count). The molecule has 9 nitrogen and oxygen atoms in total. The number of hydrogen-bond acceptors (Lipinski definition) is 6. The van der Waals surface area contributed by atoms with Gasteiger partial charge in [-0.2, -0.15) is 0 Å². The first-order valence-corrected chi connectivity index (χ1v) is 13.2. The molecule has 0 spiro atoms. The Morgan fingerprint density at radius 2 is 1.87 bits per heavy atom. The second kappa shape index (κ2) is 10.7. The smallest absolute Gasteiger partial charge is 0.322 e.